The van der Waals surface area contributed by atoms with E-state index in [0.29, 0.717) is 23.0 Å². The first-order chi connectivity index (χ1) is 58.2. The van der Waals surface area contributed by atoms with E-state index in [0.717, 1.165) is 165 Å². The molecule has 21 aromatic rings. The van der Waals surface area contributed by atoms with Crippen LogP contribution in [-0.2, 0) is 13.7 Å². The van der Waals surface area contributed by atoms with Gasteiger partial charge in [0.15, 0.2) is 37.3 Å². The van der Waals surface area contributed by atoms with Crippen LogP contribution in [0.15, 0.2) is 417 Å². The largest absolute Gasteiger partial charge is 0.452 e. The number of para-hydroxylation sites is 3. The van der Waals surface area contributed by atoms with Crippen molar-refractivity contribution in [2.75, 3.05) is 0 Å². The van der Waals surface area contributed by atoms with E-state index in [1.807, 2.05) is 218 Å². The zero-order valence-corrected chi connectivity index (χ0v) is 66.9. The molecule has 0 bridgehead atoms. The highest BCUT2D eigenvalue weighted by Crippen LogP contribution is 2.59. The highest BCUT2D eigenvalue weighted by atomic mass is 32.1. The molecule has 8 heterocycles. The molecule has 3 atom stereocenters. The second kappa shape index (κ2) is 28.5. The second-order valence-corrected chi connectivity index (χ2v) is 38.8. The van der Waals surface area contributed by atoms with Crippen LogP contribution in [0.25, 0.3) is 154 Å². The fourth-order valence-corrected chi connectivity index (χ4v) is 28.3. The van der Waals surface area contributed by atoms with Crippen molar-refractivity contribution in [3.05, 3.63) is 413 Å². The van der Waals surface area contributed by atoms with Gasteiger partial charge in [-0.3, -0.25) is 0 Å². The van der Waals surface area contributed by atoms with Gasteiger partial charge < -0.3 is 27.2 Å². The number of rotatable bonds is 10. The van der Waals surface area contributed by atoms with Crippen LogP contribution in [0.2, 0.25) is 0 Å². The number of thiophene rings is 1. The van der Waals surface area contributed by atoms with Crippen LogP contribution >= 0.6 is 32.8 Å². The van der Waals surface area contributed by atoms with Gasteiger partial charge in [-0.25, -0.2) is 15.0 Å². The predicted molar refractivity (Wildman–Crippen MR) is 491 cm³/mol. The Bertz CT molecular complexity index is 7620. The van der Waals surface area contributed by atoms with Crippen molar-refractivity contribution >= 4 is 134 Å². The van der Waals surface area contributed by atoms with Crippen LogP contribution in [0.1, 0.15) is 0 Å². The number of aromatic nitrogens is 5. The lowest BCUT2D eigenvalue weighted by Crippen LogP contribution is -2.26. The normalized spacial score (nSPS) is 15.8. The summed E-state index contributed by atoms with van der Waals surface area (Å²) >= 11 is 1.77. The van der Waals surface area contributed by atoms with E-state index in [-0.39, 0.29) is 0 Å². The van der Waals surface area contributed by atoms with Crippen molar-refractivity contribution in [3.8, 4) is 101 Å². The Hall–Kier alpha value is -13.9. The number of hydrogen-bond donors (Lipinski definition) is 0. The molecule has 118 heavy (non-hydrogen) atoms. The molecule has 0 spiro atoms. The van der Waals surface area contributed by atoms with Crippen molar-refractivity contribution < 1.29 is 18.1 Å². The molecular formula is C105H68N5O4P3S. The zero-order valence-electron chi connectivity index (χ0n) is 63.4. The third kappa shape index (κ3) is 11.3. The van der Waals surface area contributed by atoms with E-state index in [1.165, 1.54) is 14.8 Å². The maximum Gasteiger partial charge on any atom is 0.205 e. The van der Waals surface area contributed by atoms with Gasteiger partial charge in [0.1, 0.15) is 16.5 Å². The van der Waals surface area contributed by atoms with Crippen LogP contribution in [0.3, 0.4) is 0 Å². The first-order valence-electron chi connectivity index (χ1n) is 39.4. The Kier molecular flexibility index (Phi) is 17.1. The average Bonchev–Trinajstić information content (AvgIpc) is 1.54. The summed E-state index contributed by atoms with van der Waals surface area (Å²) in [6, 6.07) is 140. The van der Waals surface area contributed by atoms with Crippen LogP contribution in [0.4, 0.5) is 0 Å². The van der Waals surface area contributed by atoms with E-state index in [4.69, 9.17) is 19.4 Å². The second-order valence-electron chi connectivity index (χ2n) is 29.8. The zero-order chi connectivity index (χ0) is 78.6. The molecule has 0 N–H and O–H groups in total. The highest BCUT2D eigenvalue weighted by molar-refractivity contribution is 7.87. The summed E-state index contributed by atoms with van der Waals surface area (Å²) in [6.45, 7) is 0. The number of benzene rings is 16. The minimum absolute atomic E-state index is 0.571. The molecule has 16 aromatic carbocycles. The predicted octanol–water partition coefficient (Wildman–Crippen LogP) is 23.4. The van der Waals surface area contributed by atoms with Crippen LogP contribution in [0.5, 0.6) is 0 Å². The molecule has 3 aliphatic rings. The molecule has 3 unspecified atom stereocenters. The van der Waals surface area contributed by atoms with E-state index in [1.54, 1.807) is 11.3 Å². The lowest BCUT2D eigenvalue weighted by atomic mass is 9.98. The van der Waals surface area contributed by atoms with Gasteiger partial charge in [0.2, 0.25) is 7.14 Å². The SMILES string of the molecule is O=P1(c2ccc3sc4ccccc4c3c2)c2ccccc2-c2c1oc1ccccc21.O=P1(c2ccccc2)c2ccccc2-c2c1n(-c1cc(-c3ccccc3)cc(-c3ccccc3)c1)c1ccccc21.O=P1(c2ccccc2)c2ccccc2-c2c1n(-c1cccc(-c3nc(-c4ccccc4)nc(-c4ccccc4)n3)c1)c1ccccc21. The number of nitrogens with zero attached hydrogens (tertiary/aromatic N) is 5. The standard InChI is InChI=1S/C41H27N4OP.C38H26NOP.C26H15O2PS/c46-47(32-21-8-3-9-22-32)36-26-13-11-24-34(36)37-33-23-10-12-25-35(33)45(41(37)47)31-20-14-19-30(27-31)40-43-38(28-15-4-1-5-16-28)42-39(44-40)29-17-6-2-7-18-29;40-41(32-18-8-3-9-19-32)36-23-13-11-21-34(36)37-33-20-10-12-22-35(33)39(38(37)41)31-25-29(27-14-4-1-5-15-27)24-30(26-31)28-16-6-2-7-17-28;27-29(16-13-14-24-20(15-16)17-7-3-6-12-23(17)30-24)22-11-5-2-9-19(22)25-18-8-1-4-10-21(18)28-26(25)29/h1-27H;1-26H;1-15H. The summed E-state index contributed by atoms with van der Waals surface area (Å²) in [5, 5.41) is 10.8. The monoisotopic (exact) mass is 1590 g/mol. The van der Waals surface area contributed by atoms with Gasteiger partial charge >= 0.3 is 0 Å². The number of fused-ring (bicyclic) bond motifs is 18. The summed E-state index contributed by atoms with van der Waals surface area (Å²) in [6.07, 6.45) is 0. The lowest BCUT2D eigenvalue weighted by molar-refractivity contribution is 0.581. The van der Waals surface area contributed by atoms with Gasteiger partial charge in [0.25, 0.3) is 0 Å². The van der Waals surface area contributed by atoms with E-state index in [9.17, 15) is 4.57 Å². The first kappa shape index (κ1) is 70.7. The van der Waals surface area contributed by atoms with E-state index in [2.05, 4.69) is 203 Å². The maximum atomic E-state index is 15.7. The van der Waals surface area contributed by atoms with Crippen molar-refractivity contribution in [3.63, 3.8) is 0 Å². The Labute approximate surface area is 684 Å². The molecule has 24 rings (SSSR count). The minimum Gasteiger partial charge on any atom is -0.452 e. The molecule has 558 valence electrons. The molecule has 3 aliphatic heterocycles. The third-order valence-electron chi connectivity index (χ3n) is 23.1. The minimum atomic E-state index is -3.24. The summed E-state index contributed by atoms with van der Waals surface area (Å²) in [5.74, 6) is 1.79. The highest BCUT2D eigenvalue weighted by Gasteiger charge is 2.48. The van der Waals surface area contributed by atoms with E-state index >= 15 is 9.13 Å². The molecule has 0 amide bonds. The molecule has 0 radical (unpaired) electrons. The number of hydrogen-bond acceptors (Lipinski definition) is 8. The van der Waals surface area contributed by atoms with Gasteiger partial charge in [0, 0.05) is 113 Å². The molecule has 0 saturated carbocycles. The van der Waals surface area contributed by atoms with Gasteiger partial charge in [-0.05, 0) is 112 Å². The van der Waals surface area contributed by atoms with Gasteiger partial charge in [-0.15, -0.1) is 11.3 Å². The first-order valence-corrected chi connectivity index (χ1v) is 45.3. The fourth-order valence-electron chi connectivity index (χ4n) is 17.9. The lowest BCUT2D eigenvalue weighted by Gasteiger charge is -2.21. The number of furan rings is 1. The Balaban J connectivity index is 0.000000109. The molecule has 13 heteroatoms. The Morgan fingerprint density at radius 1 is 0.254 bits per heavy atom. The van der Waals surface area contributed by atoms with Gasteiger partial charge in [0.05, 0.1) is 11.0 Å². The molecule has 5 aromatic heterocycles. The van der Waals surface area contributed by atoms with Gasteiger partial charge in [-0.1, -0.05) is 340 Å². The molecule has 0 saturated heterocycles. The van der Waals surface area contributed by atoms with Crippen molar-refractivity contribution in [1.29, 1.82) is 0 Å². The summed E-state index contributed by atoms with van der Waals surface area (Å²) < 4.78 is 59.5. The molecular weight excluding hydrogens is 1520 g/mol. The quantitative estimate of drug-likeness (QED) is 0.125. The van der Waals surface area contributed by atoms with Crippen LogP contribution < -0.4 is 48.2 Å². The van der Waals surface area contributed by atoms with Gasteiger partial charge in [-0.2, -0.15) is 0 Å². The van der Waals surface area contributed by atoms with Crippen molar-refractivity contribution in [1.82, 2.24) is 24.1 Å². The summed E-state index contributed by atoms with van der Waals surface area (Å²) in [5.41, 5.74) is 20.5. The van der Waals surface area contributed by atoms with Crippen LogP contribution in [-0.4, -0.2) is 24.1 Å². The van der Waals surface area contributed by atoms with Crippen LogP contribution in [0, 0.1) is 0 Å². The third-order valence-corrected chi connectivity index (χ3v) is 33.5. The smallest absolute Gasteiger partial charge is 0.205 e. The topological polar surface area (TPSA) is 113 Å². The van der Waals surface area contributed by atoms with E-state index < -0.39 is 21.4 Å². The molecule has 9 nitrogen and oxygen atoms in total. The van der Waals surface area contributed by atoms with Crippen molar-refractivity contribution in [2.24, 2.45) is 0 Å². The van der Waals surface area contributed by atoms with Crippen molar-refractivity contribution in [2.45, 2.75) is 0 Å². The summed E-state index contributed by atoms with van der Waals surface area (Å²) in [4.78, 5) is 14.8. The Morgan fingerprint density at radius 2 is 0.636 bits per heavy atom. The molecule has 0 aliphatic carbocycles. The Morgan fingerprint density at radius 3 is 1.16 bits per heavy atom. The maximum absolute atomic E-state index is 15.7. The average molecular weight is 1590 g/mol. The summed E-state index contributed by atoms with van der Waals surface area (Å²) in [7, 11) is -9.52. The fraction of sp³-hybridized carbons (Fsp3) is 0. The molecule has 0 fully saturated rings.